The summed E-state index contributed by atoms with van der Waals surface area (Å²) in [4.78, 5) is 17.4. The van der Waals surface area contributed by atoms with E-state index in [1.807, 2.05) is 6.07 Å². The first-order chi connectivity index (χ1) is 9.22. The molecule has 19 heavy (non-hydrogen) atoms. The number of rotatable bonds is 5. The summed E-state index contributed by atoms with van der Waals surface area (Å²) in [6.07, 6.45) is 2.66. The van der Waals surface area contributed by atoms with Gasteiger partial charge in [-0.1, -0.05) is 0 Å². The van der Waals surface area contributed by atoms with Gasteiger partial charge in [0.15, 0.2) is 0 Å². The molecule has 100 valence electrons. The summed E-state index contributed by atoms with van der Waals surface area (Å²) in [6, 6.07) is 5.32. The van der Waals surface area contributed by atoms with Crippen molar-refractivity contribution in [1.29, 1.82) is 5.26 Å². The van der Waals surface area contributed by atoms with E-state index in [1.165, 1.54) is 6.20 Å². The normalized spacial score (nSPS) is 14.6. The second kappa shape index (κ2) is 6.39. The lowest BCUT2D eigenvalue weighted by Gasteiger charge is -2.38. The van der Waals surface area contributed by atoms with Gasteiger partial charge < -0.3 is 9.64 Å². The largest absolute Gasteiger partial charge is 0.471 e. The van der Waals surface area contributed by atoms with Crippen molar-refractivity contribution in [3.05, 3.63) is 23.9 Å². The lowest BCUT2D eigenvalue weighted by atomic mass is 10.1. The van der Waals surface area contributed by atoms with Crippen molar-refractivity contribution in [2.45, 2.75) is 18.9 Å². The van der Waals surface area contributed by atoms with Crippen LogP contribution >= 0.6 is 11.6 Å². The Morgan fingerprint density at radius 1 is 1.58 bits per heavy atom. The number of pyridine rings is 1. The van der Waals surface area contributed by atoms with Gasteiger partial charge in [0.05, 0.1) is 18.7 Å². The minimum Gasteiger partial charge on any atom is -0.471 e. The third-order valence-corrected chi connectivity index (χ3v) is 3.15. The van der Waals surface area contributed by atoms with Gasteiger partial charge in [-0.05, 0) is 12.5 Å². The third-order valence-electron chi connectivity index (χ3n) is 2.88. The number of ether oxygens (including phenoxy) is 1. The van der Waals surface area contributed by atoms with Crippen molar-refractivity contribution in [1.82, 2.24) is 9.88 Å². The molecule has 1 aliphatic rings. The van der Waals surface area contributed by atoms with Crippen LogP contribution in [0, 0.1) is 11.3 Å². The van der Waals surface area contributed by atoms with Crippen molar-refractivity contribution in [3.8, 4) is 11.9 Å². The highest BCUT2D eigenvalue weighted by Crippen LogP contribution is 2.17. The first-order valence-electron chi connectivity index (χ1n) is 6.09. The number of amides is 1. The van der Waals surface area contributed by atoms with Gasteiger partial charge in [0.1, 0.15) is 12.2 Å². The fraction of sp³-hybridized carbons (Fsp3) is 0.462. The van der Waals surface area contributed by atoms with Crippen molar-refractivity contribution in [2.24, 2.45) is 0 Å². The standard InChI is InChI=1S/C13H14ClN3O2/c14-5-1-2-13(18)17-8-11(9-17)19-12-4-3-10(6-15)7-16-12/h3-4,7,11H,1-2,5,8-9H2. The summed E-state index contributed by atoms with van der Waals surface area (Å²) in [5, 5.41) is 8.65. The molecule has 0 unspecified atom stereocenters. The molecular formula is C13H14ClN3O2. The Hall–Kier alpha value is -1.80. The van der Waals surface area contributed by atoms with Crippen LogP contribution in [0.1, 0.15) is 18.4 Å². The number of nitriles is 1. The van der Waals surface area contributed by atoms with Gasteiger partial charge in [0.2, 0.25) is 11.8 Å². The Morgan fingerprint density at radius 3 is 2.95 bits per heavy atom. The topological polar surface area (TPSA) is 66.2 Å². The van der Waals surface area contributed by atoms with Gasteiger partial charge in [-0.25, -0.2) is 4.98 Å². The third kappa shape index (κ3) is 3.58. The van der Waals surface area contributed by atoms with E-state index in [2.05, 4.69) is 4.98 Å². The number of halogens is 1. The zero-order chi connectivity index (χ0) is 13.7. The van der Waals surface area contributed by atoms with E-state index >= 15 is 0 Å². The molecule has 1 saturated heterocycles. The number of hydrogen-bond donors (Lipinski definition) is 0. The van der Waals surface area contributed by atoms with Crippen molar-refractivity contribution in [2.75, 3.05) is 19.0 Å². The zero-order valence-electron chi connectivity index (χ0n) is 10.4. The summed E-state index contributed by atoms with van der Waals surface area (Å²) in [7, 11) is 0. The van der Waals surface area contributed by atoms with Gasteiger partial charge in [-0.15, -0.1) is 11.6 Å². The fourth-order valence-electron chi connectivity index (χ4n) is 1.78. The maximum Gasteiger partial charge on any atom is 0.222 e. The Bertz CT molecular complexity index is 478. The Kier molecular flexibility index (Phi) is 4.58. The van der Waals surface area contributed by atoms with Gasteiger partial charge in [0.25, 0.3) is 0 Å². The molecule has 1 aromatic rings. The van der Waals surface area contributed by atoms with E-state index in [0.717, 1.165) is 0 Å². The maximum absolute atomic E-state index is 11.6. The molecule has 1 fully saturated rings. The molecule has 0 atom stereocenters. The number of alkyl halides is 1. The molecule has 5 nitrogen and oxygen atoms in total. The van der Waals surface area contributed by atoms with Gasteiger partial charge in [-0.3, -0.25) is 4.79 Å². The van der Waals surface area contributed by atoms with Crippen molar-refractivity contribution in [3.63, 3.8) is 0 Å². The average molecular weight is 280 g/mol. The van der Waals surface area contributed by atoms with Crippen molar-refractivity contribution < 1.29 is 9.53 Å². The molecule has 0 N–H and O–H groups in total. The minimum atomic E-state index is -0.0135. The lowest BCUT2D eigenvalue weighted by Crippen LogP contribution is -2.56. The van der Waals surface area contributed by atoms with Crippen molar-refractivity contribution >= 4 is 17.5 Å². The molecule has 0 spiro atoms. The van der Waals surface area contributed by atoms with E-state index in [9.17, 15) is 4.79 Å². The molecule has 1 amide bonds. The number of carbonyl (C=O) groups is 1. The molecule has 0 saturated carbocycles. The monoisotopic (exact) mass is 279 g/mol. The van der Waals surface area contributed by atoms with E-state index in [-0.39, 0.29) is 12.0 Å². The van der Waals surface area contributed by atoms with Crippen LogP contribution in [-0.2, 0) is 4.79 Å². The molecule has 0 radical (unpaired) electrons. The molecule has 2 heterocycles. The van der Waals surface area contributed by atoms with Crippen LogP contribution < -0.4 is 4.74 Å². The van der Waals surface area contributed by atoms with Gasteiger partial charge in [0, 0.05) is 24.6 Å². The number of carbonyl (C=O) groups excluding carboxylic acids is 1. The van der Waals surface area contributed by atoms with Gasteiger partial charge in [-0.2, -0.15) is 5.26 Å². The summed E-state index contributed by atoms with van der Waals surface area (Å²) in [6.45, 7) is 1.17. The average Bonchev–Trinajstić information content (AvgIpc) is 2.40. The number of aromatic nitrogens is 1. The van der Waals surface area contributed by atoms with E-state index < -0.39 is 0 Å². The molecule has 6 heteroatoms. The Balaban J connectivity index is 1.75. The van der Waals surface area contributed by atoms with Crippen LogP contribution in [0.5, 0.6) is 5.88 Å². The highest BCUT2D eigenvalue weighted by atomic mass is 35.5. The minimum absolute atomic E-state index is 0.0135. The van der Waals surface area contributed by atoms with Crippen LogP contribution in [0.15, 0.2) is 18.3 Å². The van der Waals surface area contributed by atoms with Gasteiger partial charge >= 0.3 is 0 Å². The van der Waals surface area contributed by atoms with Crippen LogP contribution in [0.25, 0.3) is 0 Å². The van der Waals surface area contributed by atoms with Crippen LogP contribution in [0.4, 0.5) is 0 Å². The zero-order valence-corrected chi connectivity index (χ0v) is 11.1. The molecule has 0 aliphatic carbocycles. The summed E-state index contributed by atoms with van der Waals surface area (Å²) >= 11 is 5.55. The van der Waals surface area contributed by atoms with E-state index in [0.29, 0.717) is 43.3 Å². The second-order valence-electron chi connectivity index (χ2n) is 4.33. The molecule has 0 aromatic carbocycles. The molecule has 0 bridgehead atoms. The SMILES string of the molecule is N#Cc1ccc(OC2CN(C(=O)CCCCl)C2)nc1. The number of likely N-dealkylation sites (tertiary alicyclic amines) is 1. The van der Waals surface area contributed by atoms with Crippen LogP contribution in [-0.4, -0.2) is 40.9 Å². The summed E-state index contributed by atoms with van der Waals surface area (Å²) in [5.74, 6) is 1.11. The molecule has 2 rings (SSSR count). The van der Waals surface area contributed by atoms with Crippen LogP contribution in [0.3, 0.4) is 0 Å². The van der Waals surface area contributed by atoms with E-state index in [1.54, 1.807) is 17.0 Å². The summed E-state index contributed by atoms with van der Waals surface area (Å²) < 4.78 is 5.59. The molecular weight excluding hydrogens is 266 g/mol. The molecule has 1 aromatic heterocycles. The smallest absolute Gasteiger partial charge is 0.222 e. The van der Waals surface area contributed by atoms with Crippen LogP contribution in [0.2, 0.25) is 0 Å². The fourth-order valence-corrected chi connectivity index (χ4v) is 1.91. The maximum atomic E-state index is 11.6. The number of nitrogens with zero attached hydrogens (tertiary/aromatic N) is 3. The highest BCUT2D eigenvalue weighted by Gasteiger charge is 2.31. The first-order valence-corrected chi connectivity index (χ1v) is 6.63. The lowest BCUT2D eigenvalue weighted by molar-refractivity contribution is -0.140. The second-order valence-corrected chi connectivity index (χ2v) is 4.71. The predicted octanol–water partition coefficient (Wildman–Crippen LogP) is 1.56. The highest BCUT2D eigenvalue weighted by molar-refractivity contribution is 6.17. The summed E-state index contributed by atoms with van der Waals surface area (Å²) in [5.41, 5.74) is 0.499. The molecule has 1 aliphatic heterocycles. The Labute approximate surface area is 116 Å². The quantitative estimate of drug-likeness (QED) is 0.767. The predicted molar refractivity (Wildman–Crippen MR) is 69.9 cm³/mol. The van der Waals surface area contributed by atoms with E-state index in [4.69, 9.17) is 21.6 Å². The number of hydrogen-bond acceptors (Lipinski definition) is 4. The first kappa shape index (κ1) is 13.6. The Morgan fingerprint density at radius 2 is 2.37 bits per heavy atom.